The van der Waals surface area contributed by atoms with Gasteiger partial charge in [0, 0.05) is 6.42 Å². The number of amidine groups is 1. The van der Waals surface area contributed by atoms with Gasteiger partial charge in [-0.2, -0.15) is 0 Å². The number of nitrogens with zero attached hydrogens (tertiary/aromatic N) is 2. The highest BCUT2D eigenvalue weighted by atomic mass is 16.6. The molecule has 2 heterocycles. The lowest BCUT2D eigenvalue weighted by Crippen LogP contribution is -2.38. The molecule has 2 aliphatic heterocycles. The van der Waals surface area contributed by atoms with Crippen LogP contribution in [0.2, 0.25) is 0 Å². The van der Waals surface area contributed by atoms with Gasteiger partial charge in [-0.3, -0.25) is 4.58 Å². The van der Waals surface area contributed by atoms with Gasteiger partial charge in [0.15, 0.2) is 0 Å². The van der Waals surface area contributed by atoms with Crippen LogP contribution >= 0.6 is 0 Å². The summed E-state index contributed by atoms with van der Waals surface area (Å²) in [6.07, 6.45) is 7.67. The van der Waals surface area contributed by atoms with Crippen molar-refractivity contribution < 1.29 is 14.4 Å². The lowest BCUT2D eigenvalue weighted by molar-refractivity contribution is -0.512. The Morgan fingerprint density at radius 2 is 2.12 bits per heavy atom. The average Bonchev–Trinajstić information content (AvgIpc) is 2.83. The van der Waals surface area contributed by atoms with Gasteiger partial charge in [-0.25, -0.2) is 4.90 Å². The van der Waals surface area contributed by atoms with Gasteiger partial charge < -0.3 is 9.84 Å². The van der Waals surface area contributed by atoms with E-state index in [0.717, 1.165) is 32.5 Å². The van der Waals surface area contributed by atoms with Crippen molar-refractivity contribution in [2.45, 2.75) is 39.0 Å². The number of ether oxygens (including phenoxy) is 1. The van der Waals surface area contributed by atoms with Gasteiger partial charge >= 0.3 is 0 Å². The van der Waals surface area contributed by atoms with Gasteiger partial charge in [-0.15, -0.1) is 0 Å². The number of hydrogen-bond acceptors (Lipinski definition) is 2. The van der Waals surface area contributed by atoms with Gasteiger partial charge in [-0.05, 0) is 32.3 Å². The van der Waals surface area contributed by atoms with Crippen LogP contribution in [0.3, 0.4) is 0 Å². The molecule has 0 bridgehead atoms. The maximum absolute atomic E-state index is 11.5. The SMILES string of the molecule is CCO/C([O-])=C/N1CCCCC1=[N+]1CCCC1. The van der Waals surface area contributed by atoms with Gasteiger partial charge in [0.25, 0.3) is 5.84 Å². The van der Waals surface area contributed by atoms with Crippen LogP contribution in [0.1, 0.15) is 39.0 Å². The fourth-order valence-corrected chi connectivity index (χ4v) is 2.60. The Morgan fingerprint density at radius 3 is 2.82 bits per heavy atom. The summed E-state index contributed by atoms with van der Waals surface area (Å²) >= 11 is 0. The van der Waals surface area contributed by atoms with Gasteiger partial charge in [0.2, 0.25) is 0 Å². The summed E-state index contributed by atoms with van der Waals surface area (Å²) in [6, 6.07) is 0. The first-order valence-corrected chi connectivity index (χ1v) is 6.70. The van der Waals surface area contributed by atoms with E-state index in [1.165, 1.54) is 25.1 Å². The molecule has 17 heavy (non-hydrogen) atoms. The van der Waals surface area contributed by atoms with E-state index in [-0.39, 0.29) is 5.95 Å². The molecule has 0 aromatic rings. The maximum Gasteiger partial charge on any atom is 0.251 e. The molecule has 0 amide bonds. The summed E-state index contributed by atoms with van der Waals surface area (Å²) in [4.78, 5) is 2.10. The smallest absolute Gasteiger partial charge is 0.251 e. The van der Waals surface area contributed by atoms with E-state index in [1.54, 1.807) is 6.20 Å². The Bertz CT molecular complexity index is 315. The zero-order valence-electron chi connectivity index (χ0n) is 10.7. The highest BCUT2D eigenvalue weighted by molar-refractivity contribution is 5.79. The molecule has 0 N–H and O–H groups in total. The Balaban J connectivity index is 2.12. The second-order valence-electron chi connectivity index (χ2n) is 4.64. The fraction of sp³-hybridized carbons (Fsp3) is 0.769. The van der Waals surface area contributed by atoms with Crippen molar-refractivity contribution in [2.75, 3.05) is 26.2 Å². The predicted molar refractivity (Wildman–Crippen MR) is 64.5 cm³/mol. The standard InChI is InChI=1S/C13H22N2O2/c1-2-17-13(16)11-15-10-4-3-7-12(15)14-8-5-6-9-14/h11H,2-10H2,1H3/b13-11+. The normalized spacial score (nSPS) is 22.2. The molecule has 0 radical (unpaired) electrons. The van der Waals surface area contributed by atoms with Crippen LogP contribution in [0, 0.1) is 0 Å². The van der Waals surface area contributed by atoms with Crippen molar-refractivity contribution in [3.05, 3.63) is 12.1 Å². The van der Waals surface area contributed by atoms with Crippen molar-refractivity contribution in [3.63, 3.8) is 0 Å². The Labute approximate surface area is 103 Å². The van der Waals surface area contributed by atoms with Crippen LogP contribution in [0.5, 0.6) is 0 Å². The molecule has 0 aromatic carbocycles. The minimum absolute atomic E-state index is 0.217. The number of piperidine rings is 1. The van der Waals surface area contributed by atoms with E-state index in [4.69, 9.17) is 4.74 Å². The molecule has 4 heteroatoms. The third kappa shape index (κ3) is 3.14. The Kier molecular flexibility index (Phi) is 4.29. The predicted octanol–water partition coefficient (Wildman–Crippen LogP) is 0.873. The van der Waals surface area contributed by atoms with E-state index in [0.29, 0.717) is 6.61 Å². The van der Waals surface area contributed by atoms with Crippen LogP contribution in [0.4, 0.5) is 0 Å². The minimum atomic E-state index is -0.217. The third-order valence-corrected chi connectivity index (χ3v) is 3.40. The first-order chi connectivity index (χ1) is 8.31. The number of likely N-dealkylation sites (tertiary alicyclic amines) is 1. The van der Waals surface area contributed by atoms with E-state index in [1.807, 2.05) is 6.92 Å². The number of rotatable bonds is 3. The Hall–Kier alpha value is -1.19. The second-order valence-corrected chi connectivity index (χ2v) is 4.64. The summed E-state index contributed by atoms with van der Waals surface area (Å²) in [5, 5.41) is 11.5. The van der Waals surface area contributed by atoms with Crippen LogP contribution in [0.15, 0.2) is 12.1 Å². The van der Waals surface area contributed by atoms with E-state index >= 15 is 0 Å². The molecule has 0 spiro atoms. The fourth-order valence-electron chi connectivity index (χ4n) is 2.60. The van der Waals surface area contributed by atoms with Gasteiger partial charge in [0.1, 0.15) is 6.20 Å². The molecule has 4 nitrogen and oxygen atoms in total. The Morgan fingerprint density at radius 1 is 1.35 bits per heavy atom. The highest BCUT2D eigenvalue weighted by Crippen LogP contribution is 2.15. The van der Waals surface area contributed by atoms with Crippen LogP contribution in [-0.2, 0) is 4.74 Å². The molecule has 2 saturated heterocycles. The largest absolute Gasteiger partial charge is 0.611 e. The van der Waals surface area contributed by atoms with Crippen LogP contribution in [0.25, 0.3) is 0 Å². The van der Waals surface area contributed by atoms with Gasteiger partial charge in [0.05, 0.1) is 25.6 Å². The van der Waals surface area contributed by atoms with E-state index < -0.39 is 0 Å². The van der Waals surface area contributed by atoms with E-state index in [9.17, 15) is 5.11 Å². The van der Waals surface area contributed by atoms with Crippen molar-refractivity contribution >= 4 is 5.84 Å². The molecule has 0 atom stereocenters. The van der Waals surface area contributed by atoms with Crippen molar-refractivity contribution in [1.82, 2.24) is 4.90 Å². The molecule has 2 rings (SSSR count). The molecular formula is C13H22N2O2. The molecule has 2 aliphatic rings. The first-order valence-electron chi connectivity index (χ1n) is 6.70. The third-order valence-electron chi connectivity index (χ3n) is 3.40. The summed E-state index contributed by atoms with van der Waals surface area (Å²) in [5.41, 5.74) is 0. The average molecular weight is 238 g/mol. The molecule has 0 saturated carbocycles. The molecule has 0 unspecified atom stereocenters. The lowest BCUT2D eigenvalue weighted by atomic mass is 10.1. The summed E-state index contributed by atoms with van der Waals surface area (Å²) in [6.45, 7) is 5.52. The zero-order chi connectivity index (χ0) is 12.1. The summed E-state index contributed by atoms with van der Waals surface area (Å²) < 4.78 is 7.41. The van der Waals surface area contributed by atoms with Gasteiger partial charge in [-0.1, -0.05) is 6.92 Å². The minimum Gasteiger partial charge on any atom is -0.611 e. The topological polar surface area (TPSA) is 38.5 Å². The van der Waals surface area contributed by atoms with Crippen LogP contribution < -0.4 is 5.11 Å². The lowest BCUT2D eigenvalue weighted by Gasteiger charge is -2.24. The molecule has 0 aromatic heterocycles. The summed E-state index contributed by atoms with van der Waals surface area (Å²) in [5.74, 6) is 1.10. The van der Waals surface area contributed by atoms with E-state index in [2.05, 4.69) is 9.48 Å². The first kappa shape index (κ1) is 12.3. The quantitative estimate of drug-likeness (QED) is 0.541. The van der Waals surface area contributed by atoms with Crippen molar-refractivity contribution in [1.29, 1.82) is 0 Å². The highest BCUT2D eigenvalue weighted by Gasteiger charge is 2.26. The summed E-state index contributed by atoms with van der Waals surface area (Å²) in [7, 11) is 0. The monoisotopic (exact) mass is 238 g/mol. The van der Waals surface area contributed by atoms with Crippen molar-refractivity contribution in [2.24, 2.45) is 0 Å². The second kappa shape index (κ2) is 5.94. The molecule has 96 valence electrons. The maximum atomic E-state index is 11.5. The zero-order valence-corrected chi connectivity index (χ0v) is 10.7. The molecule has 2 fully saturated rings. The number of hydrogen-bond donors (Lipinski definition) is 0. The van der Waals surface area contributed by atoms with Crippen molar-refractivity contribution in [3.8, 4) is 0 Å². The van der Waals surface area contributed by atoms with Crippen LogP contribution in [-0.4, -0.2) is 41.6 Å². The molecule has 0 aliphatic carbocycles. The molecular weight excluding hydrogens is 216 g/mol.